The van der Waals surface area contributed by atoms with Crippen molar-refractivity contribution in [3.05, 3.63) is 35.9 Å². The van der Waals surface area contributed by atoms with E-state index in [1.165, 1.54) is 6.92 Å². The van der Waals surface area contributed by atoms with Crippen LogP contribution in [0.4, 0.5) is 0 Å². The Morgan fingerprint density at radius 3 is 1.94 bits per heavy atom. The minimum absolute atomic E-state index is 0.164. The Morgan fingerprint density at radius 1 is 0.886 bits per heavy atom. The first-order valence-electron chi connectivity index (χ1n) is 11.2. The zero-order chi connectivity index (χ0) is 26.7. The molecule has 3 amide bonds. The van der Waals surface area contributed by atoms with Crippen LogP contribution in [0.25, 0.3) is 0 Å². The van der Waals surface area contributed by atoms with Crippen molar-refractivity contribution in [1.82, 2.24) is 16.0 Å². The number of aliphatic hydroxyl groups excluding tert-OH is 1. The summed E-state index contributed by atoms with van der Waals surface area (Å²) in [5, 5.41) is 35.3. The molecule has 0 spiro atoms. The molecule has 0 aliphatic heterocycles. The van der Waals surface area contributed by atoms with E-state index < -0.39 is 72.3 Å². The average Bonchev–Trinajstić information content (AvgIpc) is 2.79. The molecular formula is C23H34N4O8. The molecule has 0 bridgehead atoms. The number of carboxylic acids is 2. The first-order valence-corrected chi connectivity index (χ1v) is 11.2. The van der Waals surface area contributed by atoms with E-state index in [-0.39, 0.29) is 6.42 Å². The summed E-state index contributed by atoms with van der Waals surface area (Å²) in [6.07, 6.45) is -1.68. The zero-order valence-corrected chi connectivity index (χ0v) is 19.9. The van der Waals surface area contributed by atoms with E-state index in [0.717, 1.165) is 5.56 Å². The predicted octanol–water partition coefficient (Wildman–Crippen LogP) is -1.00. The highest BCUT2D eigenvalue weighted by atomic mass is 16.4. The van der Waals surface area contributed by atoms with Crippen LogP contribution in [0.2, 0.25) is 0 Å². The van der Waals surface area contributed by atoms with Gasteiger partial charge in [0.25, 0.3) is 0 Å². The van der Waals surface area contributed by atoms with E-state index in [9.17, 15) is 34.2 Å². The summed E-state index contributed by atoms with van der Waals surface area (Å²) in [4.78, 5) is 60.7. The molecule has 0 heterocycles. The summed E-state index contributed by atoms with van der Waals surface area (Å²) in [6.45, 7) is 4.55. The number of hydrogen-bond donors (Lipinski definition) is 7. The lowest BCUT2D eigenvalue weighted by Gasteiger charge is -2.27. The van der Waals surface area contributed by atoms with Crippen molar-refractivity contribution in [2.24, 2.45) is 11.7 Å². The van der Waals surface area contributed by atoms with Crippen LogP contribution in [0, 0.1) is 5.92 Å². The van der Waals surface area contributed by atoms with Crippen molar-refractivity contribution in [1.29, 1.82) is 0 Å². The maximum Gasteiger partial charge on any atom is 0.326 e. The minimum Gasteiger partial charge on any atom is -0.481 e. The lowest BCUT2D eigenvalue weighted by atomic mass is 9.98. The summed E-state index contributed by atoms with van der Waals surface area (Å²) in [5.41, 5.74) is 6.69. The number of hydrogen-bond acceptors (Lipinski definition) is 7. The van der Waals surface area contributed by atoms with Gasteiger partial charge >= 0.3 is 11.9 Å². The highest BCUT2D eigenvalue weighted by molar-refractivity contribution is 5.95. The highest BCUT2D eigenvalue weighted by Gasteiger charge is 2.34. The smallest absolute Gasteiger partial charge is 0.326 e. The molecule has 1 aromatic carbocycles. The summed E-state index contributed by atoms with van der Waals surface area (Å²) in [6, 6.07) is 3.34. The van der Waals surface area contributed by atoms with Gasteiger partial charge in [0.05, 0.1) is 18.6 Å². The van der Waals surface area contributed by atoms with Gasteiger partial charge in [-0.05, 0) is 24.8 Å². The van der Waals surface area contributed by atoms with Crippen LogP contribution < -0.4 is 21.7 Å². The maximum absolute atomic E-state index is 12.8. The van der Waals surface area contributed by atoms with Crippen molar-refractivity contribution in [2.45, 2.75) is 70.3 Å². The molecule has 12 nitrogen and oxygen atoms in total. The Balaban J connectivity index is 2.95. The number of nitrogens with two attached hydrogens (primary N) is 1. The third-order valence-electron chi connectivity index (χ3n) is 5.49. The van der Waals surface area contributed by atoms with E-state index in [0.29, 0.717) is 6.42 Å². The standard InChI is InChI=1S/C23H34N4O8/c1-4-12(2)18(23(34)35)26-21(32)16(11-17(29)30)25-22(33)19(13(3)28)27-20(31)15(24)10-14-8-6-5-7-9-14/h5-9,12-13,15-16,18-19,28H,4,10-11,24H2,1-3H3,(H,25,33)(H,26,32)(H,27,31)(H,29,30)(H,34,35). The molecule has 0 saturated carbocycles. The van der Waals surface area contributed by atoms with Crippen molar-refractivity contribution in [3.63, 3.8) is 0 Å². The normalized spacial score (nSPS) is 16.0. The molecule has 6 unspecified atom stereocenters. The second kappa shape index (κ2) is 14.0. The highest BCUT2D eigenvalue weighted by Crippen LogP contribution is 2.09. The summed E-state index contributed by atoms with van der Waals surface area (Å²) in [7, 11) is 0. The van der Waals surface area contributed by atoms with E-state index in [1.807, 2.05) is 0 Å². The minimum atomic E-state index is -1.65. The van der Waals surface area contributed by atoms with Crippen LogP contribution >= 0.6 is 0 Å². The van der Waals surface area contributed by atoms with Crippen molar-refractivity contribution in [3.8, 4) is 0 Å². The van der Waals surface area contributed by atoms with Crippen LogP contribution in [-0.2, 0) is 30.4 Å². The second-order valence-electron chi connectivity index (χ2n) is 8.39. The van der Waals surface area contributed by atoms with E-state index in [1.54, 1.807) is 44.2 Å². The molecule has 8 N–H and O–H groups in total. The number of carbonyl (C=O) groups is 5. The molecule has 0 aliphatic rings. The summed E-state index contributed by atoms with van der Waals surface area (Å²) in [5.74, 6) is -6.00. The first kappa shape index (κ1) is 29.5. The number of benzene rings is 1. The SMILES string of the molecule is CCC(C)C(NC(=O)C(CC(=O)O)NC(=O)C(NC(=O)C(N)Cc1ccccc1)C(C)O)C(=O)O. The second-order valence-corrected chi connectivity index (χ2v) is 8.39. The molecule has 194 valence electrons. The Bertz CT molecular complexity index is 893. The number of carbonyl (C=O) groups excluding carboxylic acids is 3. The third kappa shape index (κ3) is 9.71. The largest absolute Gasteiger partial charge is 0.481 e. The lowest BCUT2D eigenvalue weighted by molar-refractivity contribution is -0.145. The molecule has 1 aromatic rings. The Hall–Kier alpha value is -3.51. The summed E-state index contributed by atoms with van der Waals surface area (Å²) < 4.78 is 0. The predicted molar refractivity (Wildman–Crippen MR) is 125 cm³/mol. The molecule has 12 heteroatoms. The Labute approximate surface area is 203 Å². The van der Waals surface area contributed by atoms with Crippen LogP contribution in [0.3, 0.4) is 0 Å². The number of nitrogens with one attached hydrogen (secondary N) is 3. The van der Waals surface area contributed by atoms with Crippen LogP contribution in [-0.4, -0.2) is 75.3 Å². The average molecular weight is 495 g/mol. The van der Waals surface area contributed by atoms with Crippen LogP contribution in [0.15, 0.2) is 30.3 Å². The number of amides is 3. The fraction of sp³-hybridized carbons (Fsp3) is 0.522. The molecule has 0 aromatic heterocycles. The van der Waals surface area contributed by atoms with Gasteiger partial charge in [-0.1, -0.05) is 50.6 Å². The molecule has 35 heavy (non-hydrogen) atoms. The van der Waals surface area contributed by atoms with Gasteiger partial charge < -0.3 is 37.0 Å². The van der Waals surface area contributed by atoms with Crippen molar-refractivity contribution in [2.75, 3.05) is 0 Å². The Morgan fingerprint density at radius 2 is 1.46 bits per heavy atom. The summed E-state index contributed by atoms with van der Waals surface area (Å²) >= 11 is 0. The van der Waals surface area contributed by atoms with Gasteiger partial charge in [0.2, 0.25) is 17.7 Å². The van der Waals surface area contributed by atoms with Crippen LogP contribution in [0.1, 0.15) is 39.2 Å². The first-order chi connectivity index (χ1) is 16.4. The lowest BCUT2D eigenvalue weighted by Crippen LogP contribution is -2.60. The van der Waals surface area contributed by atoms with Gasteiger partial charge in [-0.2, -0.15) is 0 Å². The molecular weight excluding hydrogens is 460 g/mol. The maximum atomic E-state index is 12.8. The molecule has 0 aliphatic carbocycles. The molecule has 0 saturated heterocycles. The quantitative estimate of drug-likeness (QED) is 0.169. The van der Waals surface area contributed by atoms with Gasteiger partial charge in [0, 0.05) is 0 Å². The van der Waals surface area contributed by atoms with Crippen molar-refractivity contribution >= 4 is 29.7 Å². The monoisotopic (exact) mass is 494 g/mol. The Kier molecular flexibility index (Phi) is 11.8. The van der Waals surface area contributed by atoms with Gasteiger partial charge in [-0.25, -0.2) is 4.79 Å². The zero-order valence-electron chi connectivity index (χ0n) is 19.9. The van der Waals surface area contributed by atoms with Gasteiger partial charge in [-0.3, -0.25) is 19.2 Å². The van der Waals surface area contributed by atoms with Gasteiger partial charge in [-0.15, -0.1) is 0 Å². The number of aliphatic carboxylic acids is 2. The topological polar surface area (TPSA) is 208 Å². The molecule has 6 atom stereocenters. The van der Waals surface area contributed by atoms with Crippen LogP contribution in [0.5, 0.6) is 0 Å². The number of aliphatic hydroxyl groups is 1. The van der Waals surface area contributed by atoms with Gasteiger partial charge in [0.15, 0.2) is 0 Å². The number of carboxylic acid groups (broad SMARTS) is 2. The molecule has 0 fully saturated rings. The third-order valence-corrected chi connectivity index (χ3v) is 5.49. The molecule has 1 rings (SSSR count). The van der Waals surface area contributed by atoms with E-state index >= 15 is 0 Å². The number of rotatable bonds is 14. The fourth-order valence-electron chi connectivity index (χ4n) is 3.21. The van der Waals surface area contributed by atoms with E-state index in [4.69, 9.17) is 10.8 Å². The fourth-order valence-corrected chi connectivity index (χ4v) is 3.21. The van der Waals surface area contributed by atoms with E-state index in [2.05, 4.69) is 16.0 Å². The van der Waals surface area contributed by atoms with Gasteiger partial charge in [0.1, 0.15) is 18.1 Å². The van der Waals surface area contributed by atoms with Crippen molar-refractivity contribution < 1.29 is 39.3 Å². The molecule has 0 radical (unpaired) electrons.